The van der Waals surface area contributed by atoms with E-state index < -0.39 is 5.97 Å². The molecule has 0 saturated carbocycles. The van der Waals surface area contributed by atoms with Gasteiger partial charge in [0.15, 0.2) is 0 Å². The number of hydrogen-bond donors (Lipinski definition) is 3. The zero-order valence-corrected chi connectivity index (χ0v) is 12.7. The Morgan fingerprint density at radius 3 is 2.59 bits per heavy atom. The molecule has 0 aromatic heterocycles. The molecule has 3 N–H and O–H groups in total. The Labute approximate surface area is 129 Å². The van der Waals surface area contributed by atoms with Crippen molar-refractivity contribution in [2.45, 2.75) is 39.0 Å². The summed E-state index contributed by atoms with van der Waals surface area (Å²) in [4.78, 5) is 33.1. The van der Waals surface area contributed by atoms with E-state index in [-0.39, 0.29) is 18.2 Å². The minimum absolute atomic E-state index is 0.0426. The summed E-state index contributed by atoms with van der Waals surface area (Å²) in [6, 6.07) is 6.84. The molecule has 0 aliphatic carbocycles. The van der Waals surface area contributed by atoms with Gasteiger partial charge >= 0.3 is 5.97 Å². The monoisotopic (exact) mass is 306 g/mol. The first kappa shape index (κ1) is 17.7. The van der Waals surface area contributed by atoms with Crippen LogP contribution in [0.25, 0.3) is 0 Å². The largest absolute Gasteiger partial charge is 0.481 e. The molecule has 0 heterocycles. The van der Waals surface area contributed by atoms with Crippen LogP contribution in [-0.2, 0) is 20.8 Å². The number of carboxylic acids is 1. The van der Waals surface area contributed by atoms with Crippen molar-refractivity contribution in [1.29, 1.82) is 0 Å². The molecule has 6 nitrogen and oxygen atoms in total. The van der Waals surface area contributed by atoms with E-state index in [1.54, 1.807) is 24.3 Å². The molecule has 0 aliphatic rings. The van der Waals surface area contributed by atoms with Crippen LogP contribution in [0.3, 0.4) is 0 Å². The molecule has 6 heteroatoms. The van der Waals surface area contributed by atoms with Crippen LogP contribution in [0.15, 0.2) is 24.3 Å². The fourth-order valence-electron chi connectivity index (χ4n) is 2.01. The van der Waals surface area contributed by atoms with Crippen LogP contribution in [0, 0.1) is 0 Å². The fraction of sp³-hybridized carbons (Fsp3) is 0.438. The van der Waals surface area contributed by atoms with Gasteiger partial charge in [0.25, 0.3) is 0 Å². The van der Waals surface area contributed by atoms with Gasteiger partial charge in [0.2, 0.25) is 11.8 Å². The zero-order valence-electron chi connectivity index (χ0n) is 12.7. The van der Waals surface area contributed by atoms with Gasteiger partial charge in [-0.3, -0.25) is 14.4 Å². The molecule has 0 bridgehead atoms. The third-order valence-corrected chi connectivity index (χ3v) is 3.02. The van der Waals surface area contributed by atoms with Crippen LogP contribution in [0.5, 0.6) is 0 Å². The maximum atomic E-state index is 11.8. The number of rotatable bonds is 9. The summed E-state index contributed by atoms with van der Waals surface area (Å²) in [5.41, 5.74) is 1.27. The molecule has 0 unspecified atom stereocenters. The summed E-state index contributed by atoms with van der Waals surface area (Å²) in [7, 11) is 0. The second-order valence-corrected chi connectivity index (χ2v) is 5.11. The van der Waals surface area contributed by atoms with E-state index in [0.717, 1.165) is 19.3 Å². The van der Waals surface area contributed by atoms with Crippen molar-refractivity contribution < 1.29 is 19.5 Å². The Morgan fingerprint density at radius 1 is 1.14 bits per heavy atom. The number of aliphatic carboxylic acids is 1. The SMILES string of the molecule is CC(=O)NCCCCCC(=O)Nc1cccc(CC(=O)O)c1. The van der Waals surface area contributed by atoms with Crippen LogP contribution in [0.4, 0.5) is 5.69 Å². The minimum Gasteiger partial charge on any atom is -0.481 e. The average molecular weight is 306 g/mol. The lowest BCUT2D eigenvalue weighted by Gasteiger charge is -2.07. The Morgan fingerprint density at radius 2 is 1.91 bits per heavy atom. The van der Waals surface area contributed by atoms with Crippen molar-refractivity contribution in [2.75, 3.05) is 11.9 Å². The van der Waals surface area contributed by atoms with Gasteiger partial charge in [-0.25, -0.2) is 0 Å². The lowest BCUT2D eigenvalue weighted by Crippen LogP contribution is -2.20. The molecule has 0 radical (unpaired) electrons. The first-order valence-electron chi connectivity index (χ1n) is 7.32. The molecule has 1 rings (SSSR count). The molecule has 0 aliphatic heterocycles. The normalized spacial score (nSPS) is 10.0. The number of carbonyl (C=O) groups excluding carboxylic acids is 2. The van der Waals surface area contributed by atoms with Gasteiger partial charge in [0.05, 0.1) is 6.42 Å². The molecular weight excluding hydrogens is 284 g/mol. The molecule has 1 aromatic rings. The first-order valence-corrected chi connectivity index (χ1v) is 7.32. The fourth-order valence-corrected chi connectivity index (χ4v) is 2.01. The van der Waals surface area contributed by atoms with E-state index in [1.165, 1.54) is 6.92 Å². The number of nitrogens with one attached hydrogen (secondary N) is 2. The molecule has 2 amide bonds. The average Bonchev–Trinajstić information content (AvgIpc) is 2.42. The second kappa shape index (κ2) is 9.55. The molecule has 1 aromatic carbocycles. The van der Waals surface area contributed by atoms with Crippen molar-refractivity contribution in [1.82, 2.24) is 5.32 Å². The Hall–Kier alpha value is -2.37. The first-order chi connectivity index (χ1) is 10.5. The van der Waals surface area contributed by atoms with Crippen LogP contribution >= 0.6 is 0 Å². The van der Waals surface area contributed by atoms with Crippen molar-refractivity contribution in [3.63, 3.8) is 0 Å². The van der Waals surface area contributed by atoms with Crippen molar-refractivity contribution in [2.24, 2.45) is 0 Å². The van der Waals surface area contributed by atoms with E-state index in [9.17, 15) is 14.4 Å². The van der Waals surface area contributed by atoms with E-state index in [1.807, 2.05) is 0 Å². The third-order valence-electron chi connectivity index (χ3n) is 3.02. The Balaban J connectivity index is 2.27. The van der Waals surface area contributed by atoms with Gasteiger partial charge in [-0.1, -0.05) is 18.6 Å². The molecule has 0 saturated heterocycles. The second-order valence-electron chi connectivity index (χ2n) is 5.11. The van der Waals surface area contributed by atoms with E-state index in [2.05, 4.69) is 10.6 Å². The quantitative estimate of drug-likeness (QED) is 0.608. The minimum atomic E-state index is -0.900. The number of hydrogen-bond acceptors (Lipinski definition) is 3. The van der Waals surface area contributed by atoms with Gasteiger partial charge in [0, 0.05) is 25.6 Å². The highest BCUT2D eigenvalue weighted by Gasteiger charge is 2.05. The highest BCUT2D eigenvalue weighted by molar-refractivity contribution is 5.90. The van der Waals surface area contributed by atoms with Gasteiger partial charge in [-0.15, -0.1) is 0 Å². The van der Waals surface area contributed by atoms with Gasteiger partial charge in [-0.2, -0.15) is 0 Å². The summed E-state index contributed by atoms with van der Waals surface area (Å²) >= 11 is 0. The molecular formula is C16H22N2O4. The summed E-state index contributed by atoms with van der Waals surface area (Å²) in [6.45, 7) is 2.11. The Kier molecular flexibility index (Phi) is 7.67. The van der Waals surface area contributed by atoms with Crippen LogP contribution < -0.4 is 10.6 Å². The predicted molar refractivity (Wildman–Crippen MR) is 83.6 cm³/mol. The number of benzene rings is 1. The third kappa shape index (κ3) is 8.04. The van der Waals surface area contributed by atoms with Gasteiger partial charge < -0.3 is 15.7 Å². The van der Waals surface area contributed by atoms with E-state index in [4.69, 9.17) is 5.11 Å². The van der Waals surface area contributed by atoms with Gasteiger partial charge in [0.1, 0.15) is 0 Å². The van der Waals surface area contributed by atoms with Crippen molar-refractivity contribution in [3.8, 4) is 0 Å². The van der Waals surface area contributed by atoms with Gasteiger partial charge in [-0.05, 0) is 30.5 Å². The molecule has 0 atom stereocenters. The summed E-state index contributed by atoms with van der Waals surface area (Å²) < 4.78 is 0. The predicted octanol–water partition coefficient (Wildman–Crippen LogP) is 1.95. The smallest absolute Gasteiger partial charge is 0.307 e. The van der Waals surface area contributed by atoms with E-state index in [0.29, 0.717) is 24.2 Å². The summed E-state index contributed by atoms with van der Waals surface area (Å²) in [5, 5.41) is 14.2. The number of unbranched alkanes of at least 4 members (excludes halogenated alkanes) is 2. The zero-order chi connectivity index (χ0) is 16.4. The Bertz CT molecular complexity index is 529. The van der Waals surface area contributed by atoms with Crippen LogP contribution in [0.1, 0.15) is 38.2 Å². The summed E-state index contributed by atoms with van der Waals surface area (Å²) in [6.07, 6.45) is 2.81. The molecule has 120 valence electrons. The number of anilines is 1. The number of carboxylic acid groups (broad SMARTS) is 1. The maximum Gasteiger partial charge on any atom is 0.307 e. The topological polar surface area (TPSA) is 95.5 Å². The molecule has 0 spiro atoms. The number of amides is 2. The van der Waals surface area contributed by atoms with Crippen molar-refractivity contribution in [3.05, 3.63) is 29.8 Å². The molecule has 22 heavy (non-hydrogen) atoms. The van der Waals surface area contributed by atoms with Crippen LogP contribution in [0.2, 0.25) is 0 Å². The molecule has 0 fully saturated rings. The lowest BCUT2D eigenvalue weighted by atomic mass is 10.1. The summed E-state index contributed by atoms with van der Waals surface area (Å²) in [5.74, 6) is -1.03. The maximum absolute atomic E-state index is 11.8. The van der Waals surface area contributed by atoms with E-state index >= 15 is 0 Å². The number of carbonyl (C=O) groups is 3. The highest BCUT2D eigenvalue weighted by atomic mass is 16.4. The standard InChI is InChI=1S/C16H22N2O4/c1-12(19)17-9-4-2-3-8-15(20)18-14-7-5-6-13(10-14)11-16(21)22/h5-7,10H,2-4,8-9,11H2,1H3,(H,17,19)(H,18,20)(H,21,22). The van der Waals surface area contributed by atoms with Crippen molar-refractivity contribution >= 4 is 23.5 Å². The highest BCUT2D eigenvalue weighted by Crippen LogP contribution is 2.12. The lowest BCUT2D eigenvalue weighted by molar-refractivity contribution is -0.136. The van der Waals surface area contributed by atoms with Crippen LogP contribution in [-0.4, -0.2) is 29.4 Å².